The average molecular weight is 432 g/mol. The zero-order valence-electron chi connectivity index (χ0n) is 17.3. The molecule has 1 N–H and O–H groups in total. The lowest BCUT2D eigenvalue weighted by molar-refractivity contribution is -0.157. The first-order valence-electron chi connectivity index (χ1n) is 10.7. The van der Waals surface area contributed by atoms with Crippen LogP contribution in [0.4, 0.5) is 0 Å². The van der Waals surface area contributed by atoms with E-state index in [9.17, 15) is 18.0 Å². The molecule has 0 spiro atoms. The van der Waals surface area contributed by atoms with Crippen LogP contribution < -0.4 is 4.72 Å². The molecular formula is C23H29NO5S. The maximum absolute atomic E-state index is 12.9. The van der Waals surface area contributed by atoms with Crippen LogP contribution in [0.2, 0.25) is 0 Å². The Balaban J connectivity index is 1.25. The molecule has 30 heavy (non-hydrogen) atoms. The van der Waals surface area contributed by atoms with Crippen molar-refractivity contribution >= 4 is 27.9 Å². The van der Waals surface area contributed by atoms with Gasteiger partial charge >= 0.3 is 5.97 Å². The minimum absolute atomic E-state index is 0.0112. The molecule has 0 heterocycles. The number of rotatable bonds is 8. The number of hydrogen-bond acceptors (Lipinski definition) is 5. The van der Waals surface area contributed by atoms with Gasteiger partial charge in [0.1, 0.15) is 6.54 Å². The Labute approximate surface area is 178 Å². The molecule has 5 rings (SSSR count). The van der Waals surface area contributed by atoms with Crippen LogP contribution in [0.15, 0.2) is 29.7 Å². The number of esters is 1. The highest BCUT2D eigenvalue weighted by atomic mass is 32.2. The highest BCUT2D eigenvalue weighted by Crippen LogP contribution is 2.60. The van der Waals surface area contributed by atoms with Crippen LogP contribution in [0.5, 0.6) is 0 Å². The highest BCUT2D eigenvalue weighted by Gasteiger charge is 2.54. The van der Waals surface area contributed by atoms with E-state index >= 15 is 0 Å². The molecule has 1 aromatic rings. The Bertz CT molecular complexity index is 913. The molecule has 0 amide bonds. The van der Waals surface area contributed by atoms with Crippen LogP contribution >= 0.6 is 0 Å². The van der Waals surface area contributed by atoms with Gasteiger partial charge < -0.3 is 4.74 Å². The van der Waals surface area contributed by atoms with Crippen LogP contribution in [0, 0.1) is 30.1 Å². The second kappa shape index (κ2) is 8.27. The summed E-state index contributed by atoms with van der Waals surface area (Å²) in [5.41, 5.74) is 1.51. The van der Waals surface area contributed by atoms with E-state index in [4.69, 9.17) is 4.74 Å². The van der Waals surface area contributed by atoms with Crippen molar-refractivity contribution in [3.05, 3.63) is 40.8 Å². The van der Waals surface area contributed by atoms with Gasteiger partial charge in [0.25, 0.3) is 0 Å². The van der Waals surface area contributed by atoms with Crippen LogP contribution in [0.25, 0.3) is 6.08 Å². The van der Waals surface area contributed by atoms with Crippen molar-refractivity contribution in [3.8, 4) is 0 Å². The summed E-state index contributed by atoms with van der Waals surface area (Å²) in [6.07, 6.45) is 7.95. The molecular weight excluding hydrogens is 402 g/mol. The molecule has 0 radical (unpaired) electrons. The Hall–Kier alpha value is -1.99. The normalized spacial score (nSPS) is 30.0. The number of carbonyl (C=O) groups is 2. The van der Waals surface area contributed by atoms with E-state index in [-0.39, 0.29) is 17.8 Å². The fourth-order valence-electron chi connectivity index (χ4n) is 5.86. The summed E-state index contributed by atoms with van der Waals surface area (Å²) in [5, 5.41) is 1.02. The first kappa shape index (κ1) is 21.2. The van der Waals surface area contributed by atoms with E-state index in [0.29, 0.717) is 17.8 Å². The minimum atomic E-state index is -3.78. The largest absolute Gasteiger partial charge is 0.457 e. The van der Waals surface area contributed by atoms with Gasteiger partial charge in [-0.1, -0.05) is 29.8 Å². The third kappa shape index (κ3) is 4.83. The Morgan fingerprint density at radius 3 is 2.20 bits per heavy atom. The number of Topliss-reactive ketones (excluding diaryl/α,β-unsaturated/α-hetero) is 1. The summed E-state index contributed by atoms with van der Waals surface area (Å²) in [4.78, 5) is 24.9. The van der Waals surface area contributed by atoms with Crippen molar-refractivity contribution in [2.45, 2.75) is 45.4 Å². The number of nitrogens with one attached hydrogen (secondary N) is 1. The lowest BCUT2D eigenvalue weighted by Crippen LogP contribution is -2.51. The van der Waals surface area contributed by atoms with E-state index in [2.05, 4.69) is 4.72 Å². The number of carbonyl (C=O) groups excluding carboxylic acids is 2. The minimum Gasteiger partial charge on any atom is -0.457 e. The quantitative estimate of drug-likeness (QED) is 0.639. The molecule has 7 heteroatoms. The monoisotopic (exact) mass is 431 g/mol. The third-order valence-electron chi connectivity index (χ3n) is 6.93. The first-order valence-corrected chi connectivity index (χ1v) is 12.2. The third-order valence-corrected chi connectivity index (χ3v) is 7.97. The summed E-state index contributed by atoms with van der Waals surface area (Å²) >= 11 is 0. The van der Waals surface area contributed by atoms with Gasteiger partial charge in [-0.15, -0.1) is 0 Å². The predicted molar refractivity (Wildman–Crippen MR) is 114 cm³/mol. The zero-order valence-corrected chi connectivity index (χ0v) is 18.1. The van der Waals surface area contributed by atoms with Gasteiger partial charge in [0.05, 0.1) is 0 Å². The molecule has 0 unspecified atom stereocenters. The summed E-state index contributed by atoms with van der Waals surface area (Å²) in [6, 6.07) is 7.40. The van der Waals surface area contributed by atoms with Gasteiger partial charge in [0.2, 0.25) is 10.0 Å². The number of benzene rings is 1. The number of hydrogen-bond donors (Lipinski definition) is 1. The van der Waals surface area contributed by atoms with Crippen LogP contribution in [-0.4, -0.2) is 33.3 Å². The fraction of sp³-hybridized carbons (Fsp3) is 0.565. The predicted octanol–water partition coefficient (Wildman–Crippen LogP) is 3.21. The fourth-order valence-corrected chi connectivity index (χ4v) is 6.61. The smallest absolute Gasteiger partial charge is 0.321 e. The Morgan fingerprint density at radius 2 is 1.63 bits per heavy atom. The molecule has 0 aromatic heterocycles. The lowest BCUT2D eigenvalue weighted by Gasteiger charge is -2.55. The maximum Gasteiger partial charge on any atom is 0.321 e. The number of sulfonamides is 1. The molecule has 4 fully saturated rings. The topological polar surface area (TPSA) is 89.5 Å². The number of aryl methyl sites for hydroxylation is 1. The van der Waals surface area contributed by atoms with Gasteiger partial charge in [-0.05, 0) is 74.8 Å². The summed E-state index contributed by atoms with van der Waals surface area (Å²) in [7, 11) is -3.78. The van der Waals surface area contributed by atoms with Crippen LogP contribution in [0.3, 0.4) is 0 Å². The van der Waals surface area contributed by atoms with E-state index < -0.39 is 22.5 Å². The summed E-state index contributed by atoms with van der Waals surface area (Å²) in [5.74, 6) is 1.20. The molecule has 0 saturated heterocycles. The molecule has 0 aliphatic heterocycles. The highest BCUT2D eigenvalue weighted by molar-refractivity contribution is 7.92. The van der Waals surface area contributed by atoms with E-state index in [1.807, 2.05) is 31.2 Å². The molecule has 0 atom stereocenters. The summed E-state index contributed by atoms with van der Waals surface area (Å²) in [6.45, 7) is 1.20. The number of ketones is 1. The van der Waals surface area contributed by atoms with Crippen molar-refractivity contribution in [1.29, 1.82) is 0 Å². The van der Waals surface area contributed by atoms with Crippen molar-refractivity contribution in [1.82, 2.24) is 4.72 Å². The van der Waals surface area contributed by atoms with Crippen LogP contribution in [-0.2, 0) is 24.3 Å². The first-order chi connectivity index (χ1) is 14.2. The molecule has 4 bridgehead atoms. The SMILES string of the molecule is Cc1ccc(/C=C/S(=O)(=O)NCC(=O)OCC(=O)C23CC4CC(CC(C4)C2)C3)cc1. The second-order valence-corrected chi connectivity index (χ2v) is 11.0. The van der Waals surface area contributed by atoms with E-state index in [1.54, 1.807) is 0 Å². The molecule has 6 nitrogen and oxygen atoms in total. The van der Waals surface area contributed by atoms with Crippen molar-refractivity contribution in [2.24, 2.45) is 23.2 Å². The second-order valence-electron chi connectivity index (χ2n) is 9.36. The van der Waals surface area contributed by atoms with Gasteiger partial charge in [-0.2, -0.15) is 0 Å². The average Bonchev–Trinajstić information content (AvgIpc) is 2.69. The van der Waals surface area contributed by atoms with Crippen molar-refractivity contribution in [3.63, 3.8) is 0 Å². The maximum atomic E-state index is 12.9. The molecule has 4 saturated carbocycles. The van der Waals surface area contributed by atoms with E-state index in [1.165, 1.54) is 25.3 Å². The van der Waals surface area contributed by atoms with Crippen molar-refractivity contribution in [2.75, 3.05) is 13.2 Å². The zero-order chi connectivity index (χ0) is 21.4. The number of ether oxygens (including phenoxy) is 1. The molecule has 1 aromatic carbocycles. The summed E-state index contributed by atoms with van der Waals surface area (Å²) < 4.78 is 31.5. The standard InChI is InChI=1S/C23H29NO5S/c1-16-2-4-17(5-3-16)6-7-30(27,28)24-14-22(26)29-15-21(25)23-11-18-8-19(12-23)10-20(9-18)13-23/h2-7,18-20,24H,8-15H2,1H3/b7-6+. The Kier molecular flexibility index (Phi) is 5.86. The van der Waals surface area contributed by atoms with Crippen LogP contribution in [0.1, 0.15) is 49.7 Å². The Morgan fingerprint density at radius 1 is 1.07 bits per heavy atom. The van der Waals surface area contributed by atoms with Gasteiger partial charge in [-0.3, -0.25) is 9.59 Å². The van der Waals surface area contributed by atoms with Crippen molar-refractivity contribution < 1.29 is 22.7 Å². The molecule has 162 valence electrons. The van der Waals surface area contributed by atoms with E-state index in [0.717, 1.165) is 35.8 Å². The molecule has 4 aliphatic rings. The van der Waals surface area contributed by atoms with Gasteiger partial charge in [-0.25, -0.2) is 13.1 Å². The van der Waals surface area contributed by atoms with Gasteiger partial charge in [0, 0.05) is 10.8 Å². The lowest BCUT2D eigenvalue weighted by atomic mass is 9.48. The molecule has 4 aliphatic carbocycles. The van der Waals surface area contributed by atoms with Gasteiger partial charge in [0.15, 0.2) is 12.4 Å².